The lowest BCUT2D eigenvalue weighted by Gasteiger charge is -2.29. The summed E-state index contributed by atoms with van der Waals surface area (Å²) < 4.78 is 29.2. The summed E-state index contributed by atoms with van der Waals surface area (Å²) in [5.41, 5.74) is 6.03. The van der Waals surface area contributed by atoms with Gasteiger partial charge in [0.2, 0.25) is 0 Å². The first-order valence-electron chi connectivity index (χ1n) is 20.7. The molecular weight excluding hydrogens is 717 g/mol. The van der Waals surface area contributed by atoms with Crippen molar-refractivity contribution in [3.63, 3.8) is 0 Å². The van der Waals surface area contributed by atoms with Gasteiger partial charge >= 0.3 is 5.97 Å². The number of methoxy groups -OCH3 is 2. The van der Waals surface area contributed by atoms with Gasteiger partial charge in [0, 0.05) is 22.6 Å². The quantitative estimate of drug-likeness (QED) is 0.0195. The van der Waals surface area contributed by atoms with Crippen LogP contribution in [0.3, 0.4) is 0 Å². The second kappa shape index (κ2) is 20.8. The van der Waals surface area contributed by atoms with Crippen LogP contribution in [0.25, 0.3) is 12.2 Å². The molecule has 57 heavy (non-hydrogen) atoms. The highest BCUT2D eigenvalue weighted by atomic mass is 17.2. The van der Waals surface area contributed by atoms with Gasteiger partial charge in [-0.15, -0.1) is 0 Å². The van der Waals surface area contributed by atoms with Gasteiger partial charge in [0.1, 0.15) is 12.4 Å². The number of benzene rings is 4. The van der Waals surface area contributed by atoms with Crippen LogP contribution in [-0.4, -0.2) is 40.0 Å². The number of rotatable bonds is 22. The second-order valence-electron chi connectivity index (χ2n) is 14.8. The fraction of sp³-hybridized carbons (Fsp3) is 0.408. The van der Waals surface area contributed by atoms with E-state index in [9.17, 15) is 4.79 Å². The summed E-state index contributed by atoms with van der Waals surface area (Å²) in [4.78, 5) is 25.2. The molecule has 0 N–H and O–H groups in total. The molecule has 1 atom stereocenters. The first kappa shape index (κ1) is 41.4. The molecule has 4 aromatic carbocycles. The highest BCUT2D eigenvalue weighted by molar-refractivity contribution is 5.89. The van der Waals surface area contributed by atoms with Crippen LogP contribution in [0.4, 0.5) is 0 Å². The summed E-state index contributed by atoms with van der Waals surface area (Å²) in [6.45, 7) is 5.97. The molecule has 1 unspecified atom stereocenters. The number of ether oxygens (including phenoxy) is 5. The molecule has 2 aliphatic rings. The maximum absolute atomic E-state index is 13.4. The van der Waals surface area contributed by atoms with Crippen LogP contribution in [-0.2, 0) is 27.9 Å². The third-order valence-electron chi connectivity index (χ3n) is 11.0. The number of hydrogen-bond donors (Lipinski definition) is 0. The van der Waals surface area contributed by atoms with E-state index < -0.39 is 5.97 Å². The van der Waals surface area contributed by atoms with E-state index >= 15 is 0 Å². The lowest BCUT2D eigenvalue weighted by Crippen LogP contribution is -2.24. The van der Waals surface area contributed by atoms with E-state index in [4.69, 9.17) is 33.5 Å². The van der Waals surface area contributed by atoms with Crippen molar-refractivity contribution in [3.8, 4) is 34.5 Å². The van der Waals surface area contributed by atoms with Crippen molar-refractivity contribution < 1.29 is 38.3 Å². The molecule has 6 rings (SSSR count). The predicted octanol–water partition coefficient (Wildman–Crippen LogP) is 11.4. The number of carbonyl (C=O) groups is 1. The fourth-order valence-corrected chi connectivity index (χ4v) is 8.12. The van der Waals surface area contributed by atoms with E-state index in [1.165, 1.54) is 49.3 Å². The Hall–Kier alpha value is -5.21. The van der Waals surface area contributed by atoms with Gasteiger partial charge < -0.3 is 28.6 Å². The largest absolute Gasteiger partial charge is 0.493 e. The molecular formula is C49H58O8. The molecule has 8 heteroatoms. The number of unbranched alkanes of at least 4 members (excludes halogenated alkanes) is 6. The van der Waals surface area contributed by atoms with Gasteiger partial charge in [0.15, 0.2) is 28.7 Å². The molecule has 302 valence electrons. The Morgan fingerprint density at radius 3 is 1.77 bits per heavy atom. The van der Waals surface area contributed by atoms with Crippen LogP contribution in [0.5, 0.6) is 34.5 Å². The predicted molar refractivity (Wildman–Crippen MR) is 226 cm³/mol. The van der Waals surface area contributed by atoms with Crippen LogP contribution in [0.2, 0.25) is 0 Å². The van der Waals surface area contributed by atoms with E-state index in [2.05, 4.69) is 26.0 Å². The van der Waals surface area contributed by atoms with Crippen molar-refractivity contribution in [2.24, 2.45) is 0 Å². The second-order valence-corrected chi connectivity index (χ2v) is 14.8. The Labute approximate surface area is 338 Å². The third kappa shape index (κ3) is 10.4. The van der Waals surface area contributed by atoms with Crippen LogP contribution in [0.15, 0.2) is 84.9 Å². The minimum atomic E-state index is -0.444. The van der Waals surface area contributed by atoms with E-state index in [-0.39, 0.29) is 12.0 Å². The summed E-state index contributed by atoms with van der Waals surface area (Å²) in [7, 11) is 3.28. The first-order chi connectivity index (χ1) is 28.0. The zero-order valence-corrected chi connectivity index (χ0v) is 34.1. The summed E-state index contributed by atoms with van der Waals surface area (Å²) >= 11 is 0. The highest BCUT2D eigenvalue weighted by Crippen LogP contribution is 2.57. The van der Waals surface area contributed by atoms with Crippen LogP contribution >= 0.6 is 0 Å². The van der Waals surface area contributed by atoms with Crippen LogP contribution in [0.1, 0.15) is 111 Å². The van der Waals surface area contributed by atoms with Gasteiger partial charge in [-0.2, -0.15) is 4.89 Å². The van der Waals surface area contributed by atoms with Gasteiger partial charge in [-0.1, -0.05) is 101 Å². The zero-order chi connectivity index (χ0) is 39.9. The van der Waals surface area contributed by atoms with Crippen LogP contribution in [0, 0.1) is 0 Å². The van der Waals surface area contributed by atoms with Crippen molar-refractivity contribution in [1.29, 1.82) is 0 Å². The smallest absolute Gasteiger partial charge is 0.336 e. The summed E-state index contributed by atoms with van der Waals surface area (Å²) in [6.07, 6.45) is 19.8. The fourth-order valence-electron chi connectivity index (χ4n) is 8.12. The number of aryl methyl sites for hydroxylation is 2. The normalized spacial score (nSPS) is 15.6. The van der Waals surface area contributed by atoms with Crippen molar-refractivity contribution >= 4 is 18.1 Å². The summed E-state index contributed by atoms with van der Waals surface area (Å²) in [5, 5.41) is 0. The van der Waals surface area contributed by atoms with Crippen molar-refractivity contribution in [2.45, 2.75) is 96.3 Å². The molecule has 8 nitrogen and oxygen atoms in total. The molecule has 0 amide bonds. The molecule has 2 aliphatic carbocycles. The summed E-state index contributed by atoms with van der Waals surface area (Å²) in [6, 6.07) is 23.7. The molecule has 4 aromatic rings. The van der Waals surface area contributed by atoms with E-state index in [1.54, 1.807) is 20.3 Å². The molecule has 0 saturated carbocycles. The van der Waals surface area contributed by atoms with Crippen molar-refractivity contribution in [3.05, 3.63) is 118 Å². The maximum atomic E-state index is 13.4. The zero-order valence-electron chi connectivity index (χ0n) is 34.1. The number of fused-ring (bicyclic) bond motifs is 4. The molecule has 0 aromatic heterocycles. The minimum absolute atomic E-state index is 0.251. The lowest BCUT2D eigenvalue weighted by molar-refractivity contribution is -0.196. The molecule has 0 saturated heterocycles. The van der Waals surface area contributed by atoms with Gasteiger partial charge in [-0.05, 0) is 103 Å². The number of hydrogen-bond acceptors (Lipinski definition) is 8. The van der Waals surface area contributed by atoms with Crippen molar-refractivity contribution in [2.75, 3.05) is 34.0 Å². The SMILES string of the molecule is CCCCCCOc1ccc(C=CCOOc2cccc3c2C2(CC3)CCc3cccc(OC(=O)C=Cc4ccc(OCCCCCC)c(OC)c4)c32)cc1OC. The first-order valence-corrected chi connectivity index (χ1v) is 20.7. The highest BCUT2D eigenvalue weighted by Gasteiger charge is 2.48. The molecule has 0 heterocycles. The number of carbonyl (C=O) groups excluding carboxylic acids is 1. The average molecular weight is 775 g/mol. The Morgan fingerprint density at radius 2 is 1.19 bits per heavy atom. The molecule has 0 bridgehead atoms. The van der Waals surface area contributed by atoms with Gasteiger partial charge in [0.25, 0.3) is 0 Å². The summed E-state index contributed by atoms with van der Waals surface area (Å²) in [5.74, 6) is 3.61. The third-order valence-corrected chi connectivity index (χ3v) is 11.0. The van der Waals surface area contributed by atoms with Gasteiger partial charge in [0.05, 0.1) is 27.4 Å². The monoisotopic (exact) mass is 774 g/mol. The minimum Gasteiger partial charge on any atom is -0.493 e. The Balaban J connectivity index is 1.10. The molecule has 0 radical (unpaired) electrons. The Bertz CT molecular complexity index is 1990. The standard InChI is InChI=1S/C49H58O8/c1-5-7-9-11-31-53-40-24-21-36(34-44(40)51-3)16-15-33-55-57-43-20-14-18-39-28-30-49(48(39)43)29-27-38-17-13-19-42(47(38)49)56-46(50)26-23-37-22-25-41(45(35-37)52-4)54-32-12-10-8-6-2/h13-26,34-35H,5-12,27-33H2,1-4H3. The lowest BCUT2D eigenvalue weighted by atomic mass is 9.76. The van der Waals surface area contributed by atoms with Gasteiger partial charge in [-0.25, -0.2) is 4.79 Å². The van der Waals surface area contributed by atoms with Crippen molar-refractivity contribution in [1.82, 2.24) is 0 Å². The van der Waals surface area contributed by atoms with E-state index in [0.29, 0.717) is 42.0 Å². The van der Waals surface area contributed by atoms with E-state index in [1.807, 2.05) is 72.8 Å². The Kier molecular flexibility index (Phi) is 15.1. The maximum Gasteiger partial charge on any atom is 0.336 e. The number of esters is 1. The Morgan fingerprint density at radius 1 is 0.632 bits per heavy atom. The topological polar surface area (TPSA) is 81.7 Å². The van der Waals surface area contributed by atoms with Crippen LogP contribution < -0.4 is 28.6 Å². The molecule has 1 spiro atoms. The molecule has 0 fully saturated rings. The van der Waals surface area contributed by atoms with E-state index in [0.717, 1.165) is 72.9 Å². The molecule has 0 aliphatic heterocycles. The average Bonchev–Trinajstić information content (AvgIpc) is 3.81. The van der Waals surface area contributed by atoms with Gasteiger partial charge in [-0.3, -0.25) is 0 Å².